The second-order valence-electron chi connectivity index (χ2n) is 5.40. The van der Waals surface area contributed by atoms with Crippen molar-refractivity contribution in [1.82, 2.24) is 9.88 Å². The minimum absolute atomic E-state index is 0.0135. The molecule has 2 N–H and O–H groups in total. The maximum Gasteiger partial charge on any atom is 0.323 e. The Labute approximate surface area is 133 Å². The molecule has 2 aromatic rings. The van der Waals surface area contributed by atoms with E-state index in [1.165, 1.54) is 11.3 Å². The highest BCUT2D eigenvalue weighted by atomic mass is 32.1. The van der Waals surface area contributed by atoms with Crippen molar-refractivity contribution in [3.8, 4) is 10.4 Å². The minimum Gasteiger partial charge on any atom is -0.394 e. The first-order valence-corrected chi connectivity index (χ1v) is 8.22. The molecule has 1 aromatic carbocycles. The maximum absolute atomic E-state index is 12.3. The van der Waals surface area contributed by atoms with Crippen LogP contribution in [0.5, 0.6) is 0 Å². The van der Waals surface area contributed by atoms with Gasteiger partial charge in [0.05, 0.1) is 23.2 Å². The Balaban J connectivity index is 1.75. The van der Waals surface area contributed by atoms with Crippen molar-refractivity contribution in [3.63, 3.8) is 0 Å². The smallest absolute Gasteiger partial charge is 0.323 e. The molecule has 2 heterocycles. The van der Waals surface area contributed by atoms with Crippen LogP contribution in [-0.4, -0.2) is 40.2 Å². The van der Waals surface area contributed by atoms with Gasteiger partial charge in [-0.1, -0.05) is 41.7 Å². The van der Waals surface area contributed by atoms with Crippen molar-refractivity contribution in [3.05, 3.63) is 36.0 Å². The SMILES string of the molecule is Cc1nc(NC(=O)N2CCC[C@H]2CO)sc1-c1ccccc1. The highest BCUT2D eigenvalue weighted by molar-refractivity contribution is 7.19. The number of aryl methyl sites for hydroxylation is 1. The predicted octanol–water partition coefficient (Wildman–Crippen LogP) is 3.11. The van der Waals surface area contributed by atoms with Gasteiger partial charge < -0.3 is 10.0 Å². The van der Waals surface area contributed by atoms with Crippen LogP contribution in [0.4, 0.5) is 9.93 Å². The van der Waals surface area contributed by atoms with Crippen molar-refractivity contribution in [2.75, 3.05) is 18.5 Å². The molecule has 1 aliphatic rings. The molecule has 0 unspecified atom stereocenters. The lowest BCUT2D eigenvalue weighted by Crippen LogP contribution is -2.40. The molecule has 6 heteroatoms. The number of rotatable bonds is 3. The molecule has 5 nitrogen and oxygen atoms in total. The molecule has 1 fully saturated rings. The van der Waals surface area contributed by atoms with Gasteiger partial charge in [-0.25, -0.2) is 9.78 Å². The van der Waals surface area contributed by atoms with Gasteiger partial charge in [0, 0.05) is 6.54 Å². The van der Waals surface area contributed by atoms with Crippen LogP contribution in [0.2, 0.25) is 0 Å². The van der Waals surface area contributed by atoms with E-state index < -0.39 is 0 Å². The van der Waals surface area contributed by atoms with Gasteiger partial charge in [-0.2, -0.15) is 0 Å². The summed E-state index contributed by atoms with van der Waals surface area (Å²) in [6, 6.07) is 9.78. The van der Waals surface area contributed by atoms with Gasteiger partial charge in [0.25, 0.3) is 0 Å². The Hall–Kier alpha value is -1.92. The number of thiazole rings is 1. The molecule has 0 radical (unpaired) electrons. The summed E-state index contributed by atoms with van der Waals surface area (Å²) in [5, 5.41) is 12.8. The summed E-state index contributed by atoms with van der Waals surface area (Å²) in [6.45, 7) is 2.65. The molecular weight excluding hydrogens is 298 g/mol. The summed E-state index contributed by atoms with van der Waals surface area (Å²) in [7, 11) is 0. The van der Waals surface area contributed by atoms with Crippen LogP contribution in [0.15, 0.2) is 30.3 Å². The molecule has 116 valence electrons. The third-order valence-electron chi connectivity index (χ3n) is 3.90. The molecule has 2 amide bonds. The third-order valence-corrected chi connectivity index (χ3v) is 5.02. The molecule has 3 rings (SSSR count). The van der Waals surface area contributed by atoms with Crippen LogP contribution in [0.1, 0.15) is 18.5 Å². The summed E-state index contributed by atoms with van der Waals surface area (Å²) >= 11 is 1.48. The monoisotopic (exact) mass is 317 g/mol. The lowest BCUT2D eigenvalue weighted by atomic mass is 10.2. The quantitative estimate of drug-likeness (QED) is 0.914. The molecule has 0 spiro atoms. The number of nitrogens with one attached hydrogen (secondary N) is 1. The van der Waals surface area contributed by atoms with E-state index in [0.717, 1.165) is 29.0 Å². The van der Waals surface area contributed by atoms with Crippen molar-refractivity contribution >= 4 is 22.5 Å². The molecule has 0 bridgehead atoms. The van der Waals surface area contributed by atoms with Gasteiger partial charge in [0.1, 0.15) is 0 Å². The van der Waals surface area contributed by atoms with Gasteiger partial charge in [0.15, 0.2) is 5.13 Å². The number of benzene rings is 1. The Kier molecular flexibility index (Phi) is 4.40. The summed E-state index contributed by atoms with van der Waals surface area (Å²) in [5.74, 6) is 0. The zero-order chi connectivity index (χ0) is 15.5. The Morgan fingerprint density at radius 1 is 1.45 bits per heavy atom. The molecule has 1 aliphatic heterocycles. The average molecular weight is 317 g/mol. The minimum atomic E-state index is -0.176. The highest BCUT2D eigenvalue weighted by Gasteiger charge is 2.28. The van der Waals surface area contributed by atoms with Crippen LogP contribution >= 0.6 is 11.3 Å². The lowest BCUT2D eigenvalue weighted by Gasteiger charge is -2.22. The molecule has 22 heavy (non-hydrogen) atoms. The summed E-state index contributed by atoms with van der Waals surface area (Å²) in [5.41, 5.74) is 2.01. The van der Waals surface area contributed by atoms with Crippen molar-refractivity contribution in [2.24, 2.45) is 0 Å². The number of amides is 2. The topological polar surface area (TPSA) is 65.5 Å². The summed E-state index contributed by atoms with van der Waals surface area (Å²) < 4.78 is 0. The number of hydrogen-bond acceptors (Lipinski definition) is 4. The summed E-state index contributed by atoms with van der Waals surface area (Å²) in [4.78, 5) is 19.5. The highest BCUT2D eigenvalue weighted by Crippen LogP contribution is 2.32. The first-order valence-electron chi connectivity index (χ1n) is 7.40. The van der Waals surface area contributed by atoms with Gasteiger partial charge in [-0.15, -0.1) is 0 Å². The number of carbonyl (C=O) groups is 1. The van der Waals surface area contributed by atoms with E-state index in [4.69, 9.17) is 0 Å². The number of hydrogen-bond donors (Lipinski definition) is 2. The van der Waals surface area contributed by atoms with Crippen LogP contribution in [-0.2, 0) is 0 Å². The predicted molar refractivity (Wildman–Crippen MR) is 88.1 cm³/mol. The molecule has 0 saturated carbocycles. The second kappa shape index (κ2) is 6.46. The van der Waals surface area contributed by atoms with Gasteiger partial charge in [0.2, 0.25) is 0 Å². The fraction of sp³-hybridized carbons (Fsp3) is 0.375. The number of urea groups is 1. The van der Waals surface area contributed by atoms with E-state index >= 15 is 0 Å². The van der Waals surface area contributed by atoms with Crippen molar-refractivity contribution in [2.45, 2.75) is 25.8 Å². The normalized spacial score (nSPS) is 17.7. The summed E-state index contributed by atoms with van der Waals surface area (Å²) in [6.07, 6.45) is 1.79. The standard InChI is InChI=1S/C16H19N3O2S/c1-11-14(12-6-3-2-4-7-12)22-15(17-11)18-16(21)19-9-5-8-13(19)10-20/h2-4,6-7,13,20H,5,8-10H2,1H3,(H,17,18,21)/t13-/m0/s1. The first-order chi connectivity index (χ1) is 10.7. The first kappa shape index (κ1) is 15.0. The van der Waals surface area contributed by atoms with E-state index in [0.29, 0.717) is 11.7 Å². The van der Waals surface area contributed by atoms with Crippen molar-refractivity contribution < 1.29 is 9.90 Å². The van der Waals surface area contributed by atoms with E-state index in [9.17, 15) is 9.90 Å². The number of nitrogens with zero attached hydrogens (tertiary/aromatic N) is 2. The second-order valence-corrected chi connectivity index (χ2v) is 6.40. The van der Waals surface area contributed by atoms with Crippen LogP contribution in [0, 0.1) is 6.92 Å². The number of aliphatic hydroxyl groups excluding tert-OH is 1. The third kappa shape index (κ3) is 2.98. The number of aromatic nitrogens is 1. The molecular formula is C16H19N3O2S. The molecule has 1 saturated heterocycles. The van der Waals surface area contributed by atoms with Gasteiger partial charge >= 0.3 is 6.03 Å². The fourth-order valence-corrected chi connectivity index (χ4v) is 3.72. The van der Waals surface area contributed by atoms with Crippen LogP contribution in [0.25, 0.3) is 10.4 Å². The fourth-order valence-electron chi connectivity index (χ4n) is 2.76. The van der Waals surface area contributed by atoms with E-state index in [1.807, 2.05) is 37.3 Å². The largest absolute Gasteiger partial charge is 0.394 e. The average Bonchev–Trinajstić information content (AvgIpc) is 3.14. The van der Waals surface area contributed by atoms with Crippen LogP contribution < -0.4 is 5.32 Å². The van der Waals surface area contributed by atoms with Gasteiger partial charge in [-0.05, 0) is 25.3 Å². The lowest BCUT2D eigenvalue weighted by molar-refractivity contribution is 0.166. The van der Waals surface area contributed by atoms with Crippen molar-refractivity contribution in [1.29, 1.82) is 0 Å². The van der Waals surface area contributed by atoms with Crippen LogP contribution in [0.3, 0.4) is 0 Å². The molecule has 1 aromatic heterocycles. The Bertz CT molecular complexity index is 657. The van der Waals surface area contributed by atoms with E-state index in [-0.39, 0.29) is 18.7 Å². The number of aliphatic hydroxyl groups is 1. The number of anilines is 1. The zero-order valence-electron chi connectivity index (χ0n) is 12.5. The Morgan fingerprint density at radius 3 is 2.95 bits per heavy atom. The molecule has 1 atom stereocenters. The van der Waals surface area contributed by atoms with E-state index in [2.05, 4.69) is 10.3 Å². The van der Waals surface area contributed by atoms with E-state index in [1.54, 1.807) is 4.90 Å². The number of likely N-dealkylation sites (tertiary alicyclic amines) is 1. The number of carbonyl (C=O) groups excluding carboxylic acids is 1. The zero-order valence-corrected chi connectivity index (χ0v) is 13.3. The van der Waals surface area contributed by atoms with Gasteiger partial charge in [-0.3, -0.25) is 5.32 Å². The Morgan fingerprint density at radius 2 is 2.23 bits per heavy atom. The molecule has 0 aliphatic carbocycles. The maximum atomic E-state index is 12.3.